The number of anilines is 1. The number of aryl methyl sites for hydroxylation is 1. The lowest BCUT2D eigenvalue weighted by Gasteiger charge is -2.31. The highest BCUT2D eigenvalue weighted by atomic mass is 35.5. The number of urea groups is 1. The van der Waals surface area contributed by atoms with Crippen LogP contribution in [0.3, 0.4) is 0 Å². The maximum absolute atomic E-state index is 12.9. The van der Waals surface area contributed by atoms with E-state index in [2.05, 4.69) is 36.5 Å². The van der Waals surface area contributed by atoms with Gasteiger partial charge in [-0.2, -0.15) is 0 Å². The van der Waals surface area contributed by atoms with Gasteiger partial charge in [0.1, 0.15) is 0 Å². The number of nitrogens with zero attached hydrogens (tertiary/aromatic N) is 1. The smallest absolute Gasteiger partial charge is 0.317 e. The van der Waals surface area contributed by atoms with Gasteiger partial charge in [0, 0.05) is 6.54 Å². The minimum Gasteiger partial charge on any atom is -0.317 e. The van der Waals surface area contributed by atoms with Crippen LogP contribution in [0, 0.1) is 6.92 Å². The summed E-state index contributed by atoms with van der Waals surface area (Å²) in [5.41, 5.74) is 3.10. The molecule has 1 aliphatic heterocycles. The molecular weight excluding hydrogens is 320 g/mol. The fourth-order valence-corrected chi connectivity index (χ4v) is 3.51. The van der Waals surface area contributed by atoms with Crippen LogP contribution in [-0.4, -0.2) is 17.5 Å². The third-order valence-corrected chi connectivity index (χ3v) is 4.89. The Morgan fingerprint density at radius 1 is 1.12 bits per heavy atom. The maximum Gasteiger partial charge on any atom is 0.322 e. The molecule has 0 spiro atoms. The first-order valence-electron chi connectivity index (χ1n) is 8.54. The Labute approximate surface area is 148 Å². The highest BCUT2D eigenvalue weighted by Gasteiger charge is 2.27. The fraction of sp³-hybridized carbons (Fsp3) is 0.350. The zero-order chi connectivity index (χ0) is 16.9. The number of para-hydroxylation sites is 1. The second-order valence-electron chi connectivity index (χ2n) is 6.38. The Morgan fingerprint density at radius 2 is 1.96 bits per heavy atom. The van der Waals surface area contributed by atoms with Gasteiger partial charge in [-0.05, 0) is 37.5 Å². The summed E-state index contributed by atoms with van der Waals surface area (Å²) in [7, 11) is 0. The molecule has 0 unspecified atom stereocenters. The van der Waals surface area contributed by atoms with Crippen molar-refractivity contribution in [1.82, 2.24) is 4.90 Å². The van der Waals surface area contributed by atoms with E-state index in [1.807, 2.05) is 23.1 Å². The van der Waals surface area contributed by atoms with Crippen molar-refractivity contribution >= 4 is 23.3 Å². The van der Waals surface area contributed by atoms with Crippen LogP contribution in [0.15, 0.2) is 48.5 Å². The average Bonchev–Trinajstić information content (AvgIpc) is 2.83. The summed E-state index contributed by atoms with van der Waals surface area (Å²) in [5.74, 6) is 0. The molecule has 126 valence electrons. The standard InChI is InChI=1S/C20H23ClN2O/c1-15-8-7-9-16(14-15)19-12-3-2-6-13-23(19)20(24)22-18-11-5-4-10-17(18)21/h4-5,7-11,14,19H,2-3,6,12-13H2,1H3,(H,22,24)/t19-/m0/s1. The highest BCUT2D eigenvalue weighted by Crippen LogP contribution is 2.31. The van der Waals surface area contributed by atoms with Gasteiger partial charge in [-0.1, -0.05) is 66.4 Å². The number of hydrogen-bond donors (Lipinski definition) is 1. The van der Waals surface area contributed by atoms with Gasteiger partial charge in [0.05, 0.1) is 16.8 Å². The van der Waals surface area contributed by atoms with E-state index in [1.54, 1.807) is 6.07 Å². The highest BCUT2D eigenvalue weighted by molar-refractivity contribution is 6.33. The molecule has 0 bridgehead atoms. The van der Waals surface area contributed by atoms with Gasteiger partial charge in [0.2, 0.25) is 0 Å². The first-order valence-corrected chi connectivity index (χ1v) is 8.91. The number of nitrogens with one attached hydrogen (secondary N) is 1. The normalized spacial score (nSPS) is 18.1. The van der Waals surface area contributed by atoms with Crippen LogP contribution >= 0.6 is 11.6 Å². The molecule has 1 heterocycles. The van der Waals surface area contributed by atoms with Crippen LogP contribution in [0.1, 0.15) is 42.9 Å². The van der Waals surface area contributed by atoms with Crippen molar-refractivity contribution in [1.29, 1.82) is 0 Å². The van der Waals surface area contributed by atoms with Crippen molar-refractivity contribution in [2.24, 2.45) is 0 Å². The van der Waals surface area contributed by atoms with Crippen molar-refractivity contribution < 1.29 is 4.79 Å². The van der Waals surface area contributed by atoms with Crippen LogP contribution in [0.25, 0.3) is 0 Å². The summed E-state index contributed by atoms with van der Waals surface area (Å²) in [4.78, 5) is 14.9. The van der Waals surface area contributed by atoms with Gasteiger partial charge >= 0.3 is 6.03 Å². The molecule has 3 nitrogen and oxygen atoms in total. The molecule has 1 atom stereocenters. The molecule has 0 aromatic heterocycles. The lowest BCUT2D eigenvalue weighted by molar-refractivity contribution is 0.189. The number of benzene rings is 2. The lowest BCUT2D eigenvalue weighted by atomic mass is 9.99. The van der Waals surface area contributed by atoms with Crippen LogP contribution in [0.2, 0.25) is 5.02 Å². The van der Waals surface area contributed by atoms with Gasteiger partial charge in [0.15, 0.2) is 0 Å². The van der Waals surface area contributed by atoms with Gasteiger partial charge in [-0.25, -0.2) is 4.79 Å². The zero-order valence-corrected chi connectivity index (χ0v) is 14.7. The summed E-state index contributed by atoms with van der Waals surface area (Å²) in [6, 6.07) is 15.9. The summed E-state index contributed by atoms with van der Waals surface area (Å²) >= 11 is 6.18. The molecule has 2 aromatic carbocycles. The molecule has 1 saturated heterocycles. The summed E-state index contributed by atoms with van der Waals surface area (Å²) < 4.78 is 0. The molecule has 0 radical (unpaired) electrons. The molecule has 24 heavy (non-hydrogen) atoms. The number of halogens is 1. The van der Waals surface area contributed by atoms with Gasteiger partial charge < -0.3 is 10.2 Å². The molecule has 4 heteroatoms. The van der Waals surface area contributed by atoms with E-state index in [0.717, 1.165) is 32.2 Å². The first kappa shape index (κ1) is 16.8. The van der Waals surface area contributed by atoms with Crippen LogP contribution in [-0.2, 0) is 0 Å². The predicted molar refractivity (Wildman–Crippen MR) is 99.6 cm³/mol. The number of hydrogen-bond acceptors (Lipinski definition) is 1. The van der Waals surface area contributed by atoms with Crippen molar-refractivity contribution in [3.8, 4) is 0 Å². The number of amides is 2. The molecule has 1 aliphatic rings. The van der Waals surface area contributed by atoms with Gasteiger partial charge in [0.25, 0.3) is 0 Å². The first-order chi connectivity index (χ1) is 11.6. The number of rotatable bonds is 2. The Hall–Kier alpha value is -2.00. The van der Waals surface area contributed by atoms with Crippen molar-refractivity contribution in [3.63, 3.8) is 0 Å². The van der Waals surface area contributed by atoms with Gasteiger partial charge in [-0.15, -0.1) is 0 Å². The predicted octanol–water partition coefficient (Wildman–Crippen LogP) is 5.80. The number of carbonyl (C=O) groups excluding carboxylic acids is 1. The van der Waals surface area contributed by atoms with Crippen molar-refractivity contribution in [2.75, 3.05) is 11.9 Å². The molecule has 2 amide bonds. The number of likely N-dealkylation sites (tertiary alicyclic amines) is 1. The number of carbonyl (C=O) groups is 1. The topological polar surface area (TPSA) is 32.3 Å². The Morgan fingerprint density at radius 3 is 2.75 bits per heavy atom. The average molecular weight is 343 g/mol. The van der Waals surface area contributed by atoms with E-state index in [4.69, 9.17) is 11.6 Å². The molecule has 1 N–H and O–H groups in total. The molecule has 3 rings (SSSR count). The van der Waals surface area contributed by atoms with E-state index >= 15 is 0 Å². The molecule has 1 fully saturated rings. The Bertz CT molecular complexity index is 716. The molecule has 0 aliphatic carbocycles. The zero-order valence-electron chi connectivity index (χ0n) is 14.0. The second-order valence-corrected chi connectivity index (χ2v) is 6.79. The van der Waals surface area contributed by atoms with Crippen molar-refractivity contribution in [3.05, 3.63) is 64.7 Å². The Balaban J connectivity index is 1.84. The third-order valence-electron chi connectivity index (χ3n) is 4.56. The molecule has 0 saturated carbocycles. The quantitative estimate of drug-likeness (QED) is 0.735. The largest absolute Gasteiger partial charge is 0.322 e. The minimum absolute atomic E-state index is 0.0727. The molecular formula is C20H23ClN2O. The summed E-state index contributed by atoms with van der Waals surface area (Å²) in [5, 5.41) is 3.54. The SMILES string of the molecule is Cc1cccc([C@@H]2CCCCCN2C(=O)Nc2ccccc2Cl)c1. The lowest BCUT2D eigenvalue weighted by Crippen LogP contribution is -2.38. The molecule has 2 aromatic rings. The minimum atomic E-state index is -0.0727. The van der Waals surface area contributed by atoms with Crippen LogP contribution in [0.5, 0.6) is 0 Å². The Kier molecular flexibility index (Phi) is 5.41. The van der Waals surface area contributed by atoms with E-state index < -0.39 is 0 Å². The van der Waals surface area contributed by atoms with E-state index in [-0.39, 0.29) is 12.1 Å². The third kappa shape index (κ3) is 3.90. The van der Waals surface area contributed by atoms with Gasteiger partial charge in [-0.3, -0.25) is 0 Å². The van der Waals surface area contributed by atoms with Crippen LogP contribution in [0.4, 0.5) is 10.5 Å². The van der Waals surface area contributed by atoms with E-state index in [1.165, 1.54) is 11.1 Å². The maximum atomic E-state index is 12.9. The van der Waals surface area contributed by atoms with Crippen molar-refractivity contribution in [2.45, 2.75) is 38.6 Å². The summed E-state index contributed by atoms with van der Waals surface area (Å²) in [6.07, 6.45) is 4.35. The monoisotopic (exact) mass is 342 g/mol. The second kappa shape index (κ2) is 7.71. The van der Waals surface area contributed by atoms with E-state index in [0.29, 0.717) is 10.7 Å². The fourth-order valence-electron chi connectivity index (χ4n) is 3.32. The van der Waals surface area contributed by atoms with E-state index in [9.17, 15) is 4.79 Å². The van der Waals surface area contributed by atoms with Crippen LogP contribution < -0.4 is 5.32 Å². The summed E-state index contributed by atoms with van der Waals surface area (Å²) in [6.45, 7) is 2.86.